The number of ether oxygens (including phenoxy) is 1. The molecule has 1 amide bonds. The van der Waals surface area contributed by atoms with Gasteiger partial charge in [0.25, 0.3) is 5.91 Å². The first-order chi connectivity index (χ1) is 10.5. The summed E-state index contributed by atoms with van der Waals surface area (Å²) in [6, 6.07) is 1.42. The monoisotopic (exact) mass is 308 g/mol. The fourth-order valence-corrected chi connectivity index (χ4v) is 2.67. The molecule has 0 aliphatic carbocycles. The topological polar surface area (TPSA) is 71.8 Å². The average molecular weight is 308 g/mol. The first-order valence-corrected chi connectivity index (χ1v) is 7.82. The lowest BCUT2D eigenvalue weighted by Gasteiger charge is -2.34. The van der Waals surface area contributed by atoms with E-state index in [0.29, 0.717) is 25.4 Å². The first-order valence-electron chi connectivity index (χ1n) is 7.82. The Morgan fingerprint density at radius 2 is 2.05 bits per heavy atom. The Hall–Kier alpha value is -1.82. The van der Waals surface area contributed by atoms with Crippen molar-refractivity contribution in [2.45, 2.75) is 52.8 Å². The van der Waals surface area contributed by atoms with Crippen molar-refractivity contribution in [2.75, 3.05) is 13.2 Å². The molecule has 1 aliphatic rings. The summed E-state index contributed by atoms with van der Waals surface area (Å²) in [5.74, 6) is -0.0962. The zero-order valence-electron chi connectivity index (χ0n) is 13.5. The van der Waals surface area contributed by atoms with Crippen molar-refractivity contribution < 1.29 is 14.6 Å². The molecule has 0 radical (unpaired) electrons. The molecule has 22 heavy (non-hydrogen) atoms. The van der Waals surface area contributed by atoms with Crippen LogP contribution in [0.5, 0.6) is 5.75 Å². The van der Waals surface area contributed by atoms with Gasteiger partial charge in [0.05, 0.1) is 13.2 Å². The van der Waals surface area contributed by atoms with E-state index in [1.165, 1.54) is 6.07 Å². The Kier molecular flexibility index (Phi) is 5.24. The number of amides is 1. The standard InChI is InChI=1S/C16H24N2O4/c1-4-5-8-22-15-13(20)9-12(10-19)18-7-6-17(11(2)3)16(21)14(15)18/h9,11,19H,4-8,10H2,1-3H3. The average Bonchev–Trinajstić information content (AvgIpc) is 2.49. The lowest BCUT2D eigenvalue weighted by Crippen LogP contribution is -2.46. The number of aliphatic hydroxyl groups is 1. The van der Waals surface area contributed by atoms with Crippen LogP contribution < -0.4 is 10.2 Å². The molecule has 0 saturated heterocycles. The second kappa shape index (κ2) is 6.96. The van der Waals surface area contributed by atoms with Gasteiger partial charge >= 0.3 is 0 Å². The zero-order valence-corrected chi connectivity index (χ0v) is 13.5. The fraction of sp³-hybridized carbons (Fsp3) is 0.625. The second-order valence-corrected chi connectivity index (χ2v) is 5.78. The van der Waals surface area contributed by atoms with E-state index in [1.807, 2.05) is 20.8 Å². The van der Waals surface area contributed by atoms with Gasteiger partial charge in [0.1, 0.15) is 0 Å². The predicted molar refractivity (Wildman–Crippen MR) is 83.2 cm³/mol. The van der Waals surface area contributed by atoms with E-state index in [9.17, 15) is 14.7 Å². The van der Waals surface area contributed by atoms with Crippen LogP contribution in [0.2, 0.25) is 0 Å². The van der Waals surface area contributed by atoms with Gasteiger partial charge in [0.15, 0.2) is 11.4 Å². The van der Waals surface area contributed by atoms with Crippen molar-refractivity contribution in [3.8, 4) is 5.75 Å². The number of unbranched alkanes of at least 4 members (excludes halogenated alkanes) is 1. The van der Waals surface area contributed by atoms with Crippen molar-refractivity contribution >= 4 is 5.91 Å². The summed E-state index contributed by atoms with van der Waals surface area (Å²) in [6.07, 6.45) is 1.77. The number of hydrogen-bond donors (Lipinski definition) is 1. The number of aliphatic hydroxyl groups excluding tert-OH is 1. The van der Waals surface area contributed by atoms with Crippen LogP contribution in [-0.2, 0) is 13.2 Å². The van der Waals surface area contributed by atoms with Crippen LogP contribution in [0, 0.1) is 0 Å². The smallest absolute Gasteiger partial charge is 0.274 e. The van der Waals surface area contributed by atoms with Gasteiger partial charge in [0, 0.05) is 30.9 Å². The lowest BCUT2D eigenvalue weighted by atomic mass is 10.1. The molecule has 122 valence electrons. The number of rotatable bonds is 6. The van der Waals surface area contributed by atoms with Crippen molar-refractivity contribution in [3.05, 3.63) is 27.7 Å². The molecular weight excluding hydrogens is 284 g/mol. The molecule has 0 aromatic carbocycles. The maximum Gasteiger partial charge on any atom is 0.274 e. The molecule has 6 heteroatoms. The van der Waals surface area contributed by atoms with Gasteiger partial charge in [-0.05, 0) is 20.3 Å². The number of carbonyl (C=O) groups is 1. The van der Waals surface area contributed by atoms with Crippen LogP contribution in [0.25, 0.3) is 0 Å². The first kappa shape index (κ1) is 16.5. The van der Waals surface area contributed by atoms with Gasteiger partial charge in [-0.15, -0.1) is 0 Å². The zero-order chi connectivity index (χ0) is 16.3. The fourth-order valence-electron chi connectivity index (χ4n) is 2.67. The number of fused-ring (bicyclic) bond motifs is 1. The lowest BCUT2D eigenvalue weighted by molar-refractivity contribution is 0.0634. The van der Waals surface area contributed by atoms with E-state index < -0.39 is 0 Å². The van der Waals surface area contributed by atoms with Crippen LogP contribution in [0.1, 0.15) is 49.8 Å². The second-order valence-electron chi connectivity index (χ2n) is 5.78. The molecule has 0 atom stereocenters. The Balaban J connectivity index is 2.51. The molecule has 0 bridgehead atoms. The minimum atomic E-state index is -0.342. The maximum atomic E-state index is 12.7. The van der Waals surface area contributed by atoms with Crippen molar-refractivity contribution in [3.63, 3.8) is 0 Å². The van der Waals surface area contributed by atoms with Crippen LogP contribution in [-0.4, -0.2) is 39.7 Å². The molecule has 1 aromatic rings. The van der Waals surface area contributed by atoms with E-state index in [2.05, 4.69) is 0 Å². The Labute approximate surface area is 130 Å². The van der Waals surface area contributed by atoms with E-state index in [0.717, 1.165) is 12.8 Å². The highest BCUT2D eigenvalue weighted by Crippen LogP contribution is 2.24. The Bertz CT molecular complexity index is 607. The van der Waals surface area contributed by atoms with Crippen LogP contribution >= 0.6 is 0 Å². The minimum absolute atomic E-state index is 0.0534. The molecule has 0 fully saturated rings. The highest BCUT2D eigenvalue weighted by atomic mass is 16.5. The molecule has 0 spiro atoms. The number of hydrogen-bond acceptors (Lipinski definition) is 4. The summed E-state index contributed by atoms with van der Waals surface area (Å²) in [5, 5.41) is 9.46. The van der Waals surface area contributed by atoms with E-state index >= 15 is 0 Å². The Morgan fingerprint density at radius 1 is 1.32 bits per heavy atom. The molecule has 0 unspecified atom stereocenters. The SMILES string of the molecule is CCCCOc1c2n(c(CO)cc1=O)CCN(C(C)C)C2=O. The summed E-state index contributed by atoms with van der Waals surface area (Å²) in [7, 11) is 0. The largest absolute Gasteiger partial charge is 0.487 e. The number of carbonyl (C=O) groups excluding carboxylic acids is 1. The molecular formula is C16H24N2O4. The van der Waals surface area contributed by atoms with Gasteiger partial charge in [-0.3, -0.25) is 9.59 Å². The van der Waals surface area contributed by atoms with Crippen LogP contribution in [0.4, 0.5) is 0 Å². The Morgan fingerprint density at radius 3 is 2.64 bits per heavy atom. The van der Waals surface area contributed by atoms with E-state index in [-0.39, 0.29) is 35.4 Å². The summed E-state index contributed by atoms with van der Waals surface area (Å²) in [5.41, 5.74) is 0.387. The van der Waals surface area contributed by atoms with Crippen molar-refractivity contribution in [1.82, 2.24) is 9.47 Å². The van der Waals surface area contributed by atoms with Crippen LogP contribution in [0.15, 0.2) is 10.9 Å². The van der Waals surface area contributed by atoms with Gasteiger partial charge < -0.3 is 19.3 Å². The summed E-state index contributed by atoms with van der Waals surface area (Å²) in [4.78, 5) is 26.7. The van der Waals surface area contributed by atoms with Crippen LogP contribution in [0.3, 0.4) is 0 Å². The summed E-state index contributed by atoms with van der Waals surface area (Å²) >= 11 is 0. The molecule has 1 aromatic heterocycles. The predicted octanol–water partition coefficient (Wildman–Crippen LogP) is 1.38. The summed E-state index contributed by atoms with van der Waals surface area (Å²) in [6.45, 7) is 7.18. The van der Waals surface area contributed by atoms with Crippen molar-refractivity contribution in [2.24, 2.45) is 0 Å². The highest BCUT2D eigenvalue weighted by molar-refractivity contribution is 5.96. The number of nitrogens with zero attached hydrogens (tertiary/aromatic N) is 2. The van der Waals surface area contributed by atoms with Gasteiger partial charge in [-0.2, -0.15) is 0 Å². The molecule has 2 heterocycles. The van der Waals surface area contributed by atoms with Crippen molar-refractivity contribution in [1.29, 1.82) is 0 Å². The molecule has 1 N–H and O–H groups in total. The number of aromatic nitrogens is 1. The van der Waals surface area contributed by atoms with Gasteiger partial charge in [0.2, 0.25) is 5.43 Å². The quantitative estimate of drug-likeness (QED) is 0.806. The molecule has 1 aliphatic heterocycles. The third-order valence-corrected chi connectivity index (χ3v) is 3.91. The number of pyridine rings is 1. The van der Waals surface area contributed by atoms with Gasteiger partial charge in [-0.25, -0.2) is 0 Å². The third-order valence-electron chi connectivity index (χ3n) is 3.91. The normalized spacial score (nSPS) is 14.4. The molecule has 0 saturated carbocycles. The van der Waals surface area contributed by atoms with E-state index in [4.69, 9.17) is 4.74 Å². The molecule has 2 rings (SSSR count). The highest BCUT2D eigenvalue weighted by Gasteiger charge is 2.31. The summed E-state index contributed by atoms with van der Waals surface area (Å²) < 4.78 is 7.32. The minimum Gasteiger partial charge on any atom is -0.487 e. The maximum absolute atomic E-state index is 12.7. The third kappa shape index (κ3) is 3.02. The van der Waals surface area contributed by atoms with Gasteiger partial charge in [-0.1, -0.05) is 13.3 Å². The van der Waals surface area contributed by atoms with E-state index in [1.54, 1.807) is 9.47 Å². The molecule has 6 nitrogen and oxygen atoms in total.